The molecule has 0 bridgehead atoms. The maximum Gasteiger partial charge on any atom is 0.0739 e. The molecule has 2 aromatic rings. The van der Waals surface area contributed by atoms with Crippen LogP contribution in [0.2, 0.25) is 0 Å². The number of rotatable bonds is 3. The van der Waals surface area contributed by atoms with E-state index < -0.39 is 0 Å². The van der Waals surface area contributed by atoms with Crippen LogP contribution in [0.3, 0.4) is 0 Å². The lowest BCUT2D eigenvalue weighted by Gasteiger charge is -2.08. The van der Waals surface area contributed by atoms with Crippen LogP contribution >= 0.6 is 0 Å². The fourth-order valence-electron chi connectivity index (χ4n) is 2.11. The van der Waals surface area contributed by atoms with E-state index in [0.29, 0.717) is 6.54 Å². The number of para-hydroxylation sites is 1. The first-order valence-corrected chi connectivity index (χ1v) is 5.84. The highest BCUT2D eigenvalue weighted by atomic mass is 14.7. The summed E-state index contributed by atoms with van der Waals surface area (Å²) in [6, 6.07) is 8.55. The summed E-state index contributed by atoms with van der Waals surface area (Å²) in [7, 11) is 0. The molecule has 0 radical (unpaired) electrons. The van der Waals surface area contributed by atoms with Crippen molar-refractivity contribution in [2.24, 2.45) is 5.73 Å². The molecule has 0 amide bonds. The number of pyridine rings is 1. The van der Waals surface area contributed by atoms with E-state index in [4.69, 9.17) is 10.7 Å². The van der Waals surface area contributed by atoms with Crippen LogP contribution in [0.1, 0.15) is 23.7 Å². The van der Waals surface area contributed by atoms with Gasteiger partial charge < -0.3 is 5.73 Å². The molecule has 0 aliphatic heterocycles. The van der Waals surface area contributed by atoms with E-state index in [0.717, 1.165) is 24.1 Å². The largest absolute Gasteiger partial charge is 0.330 e. The molecule has 2 rings (SSSR count). The molecule has 0 unspecified atom stereocenters. The third-order valence-corrected chi connectivity index (χ3v) is 2.96. The van der Waals surface area contributed by atoms with Gasteiger partial charge in [0.15, 0.2) is 0 Å². The first kappa shape index (κ1) is 11.1. The number of aromatic nitrogens is 1. The van der Waals surface area contributed by atoms with Crippen LogP contribution < -0.4 is 5.73 Å². The molecule has 1 heterocycles. The van der Waals surface area contributed by atoms with Crippen molar-refractivity contribution in [3.8, 4) is 0 Å². The summed E-state index contributed by atoms with van der Waals surface area (Å²) in [5, 5.41) is 1.26. The van der Waals surface area contributed by atoms with E-state index >= 15 is 0 Å². The number of hydrogen-bond acceptors (Lipinski definition) is 2. The molecule has 0 fully saturated rings. The molecule has 16 heavy (non-hydrogen) atoms. The summed E-state index contributed by atoms with van der Waals surface area (Å²) in [5.74, 6) is 0. The predicted octanol–water partition coefficient (Wildman–Crippen LogP) is 2.61. The second-order valence-electron chi connectivity index (χ2n) is 4.14. The van der Waals surface area contributed by atoms with Crippen LogP contribution in [0.15, 0.2) is 24.3 Å². The summed E-state index contributed by atoms with van der Waals surface area (Å²) in [6.07, 6.45) is 1.88. The summed E-state index contributed by atoms with van der Waals surface area (Å²) in [5.41, 5.74) is 10.5. The third-order valence-electron chi connectivity index (χ3n) is 2.96. The minimum atomic E-state index is 0.659. The SMILES string of the molecule is CCc1cccc2c(C)cc(CCN)nc12. The van der Waals surface area contributed by atoms with Crippen molar-refractivity contribution in [2.45, 2.75) is 26.7 Å². The summed E-state index contributed by atoms with van der Waals surface area (Å²) in [4.78, 5) is 4.72. The normalized spacial score (nSPS) is 10.9. The van der Waals surface area contributed by atoms with E-state index in [1.807, 2.05) is 0 Å². The van der Waals surface area contributed by atoms with Gasteiger partial charge in [0.1, 0.15) is 0 Å². The minimum absolute atomic E-state index is 0.659. The van der Waals surface area contributed by atoms with E-state index in [-0.39, 0.29) is 0 Å². The Bertz CT molecular complexity index is 503. The van der Waals surface area contributed by atoms with Gasteiger partial charge in [-0.3, -0.25) is 4.98 Å². The zero-order valence-electron chi connectivity index (χ0n) is 9.96. The quantitative estimate of drug-likeness (QED) is 0.853. The molecular formula is C14H18N2. The highest BCUT2D eigenvalue weighted by molar-refractivity contribution is 5.85. The second kappa shape index (κ2) is 4.62. The maximum atomic E-state index is 5.59. The van der Waals surface area contributed by atoms with E-state index in [1.165, 1.54) is 16.5 Å². The van der Waals surface area contributed by atoms with Crippen LogP contribution in [-0.2, 0) is 12.8 Å². The van der Waals surface area contributed by atoms with Crippen molar-refractivity contribution in [3.63, 3.8) is 0 Å². The van der Waals surface area contributed by atoms with Crippen molar-refractivity contribution in [1.82, 2.24) is 4.98 Å². The molecule has 0 aliphatic carbocycles. The minimum Gasteiger partial charge on any atom is -0.330 e. The highest BCUT2D eigenvalue weighted by Gasteiger charge is 2.05. The number of nitrogens with zero attached hydrogens (tertiary/aromatic N) is 1. The highest BCUT2D eigenvalue weighted by Crippen LogP contribution is 2.21. The molecule has 1 aromatic heterocycles. The Hall–Kier alpha value is -1.41. The molecule has 0 saturated heterocycles. The topological polar surface area (TPSA) is 38.9 Å². The summed E-state index contributed by atoms with van der Waals surface area (Å²) >= 11 is 0. The number of benzene rings is 1. The molecule has 0 spiro atoms. The van der Waals surface area contributed by atoms with Gasteiger partial charge in [-0.15, -0.1) is 0 Å². The molecule has 0 aliphatic rings. The van der Waals surface area contributed by atoms with Crippen molar-refractivity contribution < 1.29 is 0 Å². The van der Waals surface area contributed by atoms with Gasteiger partial charge in [-0.2, -0.15) is 0 Å². The standard InChI is InChI=1S/C14H18N2/c1-3-11-5-4-6-13-10(2)9-12(7-8-15)16-14(11)13/h4-6,9H,3,7-8,15H2,1-2H3. The van der Waals surface area contributed by atoms with Gasteiger partial charge in [-0.05, 0) is 37.1 Å². The Kier molecular flexibility index (Phi) is 3.20. The molecule has 0 saturated carbocycles. The molecule has 2 nitrogen and oxygen atoms in total. The predicted molar refractivity (Wildman–Crippen MR) is 68.6 cm³/mol. The lowest BCUT2D eigenvalue weighted by molar-refractivity contribution is 0.928. The molecule has 2 N–H and O–H groups in total. The average Bonchev–Trinajstić information content (AvgIpc) is 2.29. The van der Waals surface area contributed by atoms with Gasteiger partial charge in [0, 0.05) is 17.5 Å². The van der Waals surface area contributed by atoms with E-state index in [1.54, 1.807) is 0 Å². The molecule has 0 atom stereocenters. The fourth-order valence-corrected chi connectivity index (χ4v) is 2.11. The Balaban J connectivity index is 2.67. The number of fused-ring (bicyclic) bond motifs is 1. The van der Waals surface area contributed by atoms with Gasteiger partial charge in [-0.1, -0.05) is 25.1 Å². The first-order chi connectivity index (χ1) is 7.76. The van der Waals surface area contributed by atoms with Crippen LogP contribution in [0.5, 0.6) is 0 Å². The van der Waals surface area contributed by atoms with Gasteiger partial charge in [0.2, 0.25) is 0 Å². The first-order valence-electron chi connectivity index (χ1n) is 5.84. The summed E-state index contributed by atoms with van der Waals surface area (Å²) in [6.45, 7) is 4.97. The Morgan fingerprint density at radius 1 is 1.31 bits per heavy atom. The lowest BCUT2D eigenvalue weighted by atomic mass is 10.0. The lowest BCUT2D eigenvalue weighted by Crippen LogP contribution is -2.05. The van der Waals surface area contributed by atoms with Crippen LogP contribution in [-0.4, -0.2) is 11.5 Å². The molecule has 1 aromatic carbocycles. The van der Waals surface area contributed by atoms with Crippen LogP contribution in [0.25, 0.3) is 10.9 Å². The zero-order chi connectivity index (χ0) is 11.5. The zero-order valence-corrected chi connectivity index (χ0v) is 9.96. The van der Waals surface area contributed by atoms with E-state index in [9.17, 15) is 0 Å². The van der Waals surface area contributed by atoms with Crippen molar-refractivity contribution >= 4 is 10.9 Å². The van der Waals surface area contributed by atoms with Gasteiger partial charge in [0.05, 0.1) is 5.52 Å². The monoisotopic (exact) mass is 214 g/mol. The summed E-state index contributed by atoms with van der Waals surface area (Å²) < 4.78 is 0. The van der Waals surface area contributed by atoms with Crippen LogP contribution in [0.4, 0.5) is 0 Å². The van der Waals surface area contributed by atoms with Gasteiger partial charge in [-0.25, -0.2) is 0 Å². The van der Waals surface area contributed by atoms with Crippen molar-refractivity contribution in [1.29, 1.82) is 0 Å². The smallest absolute Gasteiger partial charge is 0.0739 e. The Morgan fingerprint density at radius 2 is 2.12 bits per heavy atom. The fraction of sp³-hybridized carbons (Fsp3) is 0.357. The number of aryl methyl sites for hydroxylation is 2. The van der Waals surface area contributed by atoms with Gasteiger partial charge in [0.25, 0.3) is 0 Å². The number of hydrogen-bond donors (Lipinski definition) is 1. The average molecular weight is 214 g/mol. The molecule has 2 heteroatoms. The molecular weight excluding hydrogens is 196 g/mol. The Morgan fingerprint density at radius 3 is 2.81 bits per heavy atom. The maximum absolute atomic E-state index is 5.59. The Labute approximate surface area is 96.5 Å². The van der Waals surface area contributed by atoms with Crippen molar-refractivity contribution in [2.75, 3.05) is 6.54 Å². The number of nitrogens with two attached hydrogens (primary N) is 1. The second-order valence-corrected chi connectivity index (χ2v) is 4.14. The van der Waals surface area contributed by atoms with Crippen LogP contribution in [0, 0.1) is 6.92 Å². The van der Waals surface area contributed by atoms with Crippen molar-refractivity contribution in [3.05, 3.63) is 41.1 Å². The molecule has 84 valence electrons. The third kappa shape index (κ3) is 1.93. The van der Waals surface area contributed by atoms with E-state index in [2.05, 4.69) is 38.1 Å². The van der Waals surface area contributed by atoms with Gasteiger partial charge >= 0.3 is 0 Å².